The van der Waals surface area contributed by atoms with Crippen molar-refractivity contribution in [3.63, 3.8) is 0 Å². The zero-order valence-corrected chi connectivity index (χ0v) is 14.6. The van der Waals surface area contributed by atoms with Crippen LogP contribution in [0.1, 0.15) is 37.4 Å². The summed E-state index contributed by atoms with van der Waals surface area (Å²) in [5.41, 5.74) is 2.69. The van der Waals surface area contributed by atoms with Crippen LogP contribution >= 0.6 is 0 Å². The lowest BCUT2D eigenvalue weighted by molar-refractivity contribution is 0.161. The van der Waals surface area contributed by atoms with E-state index in [0.717, 1.165) is 29.5 Å². The lowest BCUT2D eigenvalue weighted by atomic mass is 9.70. The van der Waals surface area contributed by atoms with Gasteiger partial charge in [0.2, 0.25) is 0 Å². The Morgan fingerprint density at radius 3 is 2.76 bits per heavy atom. The lowest BCUT2D eigenvalue weighted by Gasteiger charge is -2.40. The van der Waals surface area contributed by atoms with Crippen molar-refractivity contribution in [3.8, 4) is 16.9 Å². The summed E-state index contributed by atoms with van der Waals surface area (Å²) in [7, 11) is 1.58. The molecule has 2 aromatic rings. The van der Waals surface area contributed by atoms with E-state index >= 15 is 0 Å². The molecular formula is C20H22FNO3. The van der Waals surface area contributed by atoms with Gasteiger partial charge in [-0.1, -0.05) is 26.0 Å². The first kappa shape index (κ1) is 17.3. The van der Waals surface area contributed by atoms with Gasteiger partial charge in [0, 0.05) is 5.56 Å². The Labute approximate surface area is 146 Å². The quantitative estimate of drug-likeness (QED) is 0.843. The number of rotatable bonds is 3. The number of ether oxygens (including phenoxy) is 1. The molecule has 1 aliphatic rings. The highest BCUT2D eigenvalue weighted by atomic mass is 19.1. The fourth-order valence-electron chi connectivity index (χ4n) is 3.55. The Balaban J connectivity index is 2.08. The molecule has 0 saturated heterocycles. The number of carboxylic acid groups (broad SMARTS) is 1. The average molecular weight is 343 g/mol. The van der Waals surface area contributed by atoms with E-state index in [1.54, 1.807) is 13.2 Å². The minimum atomic E-state index is -1.09. The Morgan fingerprint density at radius 1 is 1.32 bits per heavy atom. The van der Waals surface area contributed by atoms with E-state index in [-0.39, 0.29) is 11.2 Å². The molecule has 0 fully saturated rings. The minimum absolute atomic E-state index is 0.269. The number of aryl methyl sites for hydroxylation is 1. The minimum Gasteiger partial charge on any atom is -0.497 e. The van der Waals surface area contributed by atoms with Crippen LogP contribution in [0.15, 0.2) is 36.4 Å². The first-order valence-electron chi connectivity index (χ1n) is 8.28. The number of carbonyl (C=O) groups is 1. The predicted octanol–water partition coefficient (Wildman–Crippen LogP) is 4.78. The maximum Gasteiger partial charge on any atom is 0.405 e. The van der Waals surface area contributed by atoms with Gasteiger partial charge in [-0.3, -0.25) is 0 Å². The first-order chi connectivity index (χ1) is 11.8. The highest BCUT2D eigenvalue weighted by molar-refractivity contribution is 5.69. The van der Waals surface area contributed by atoms with Gasteiger partial charge in [0.25, 0.3) is 0 Å². The van der Waals surface area contributed by atoms with Crippen molar-refractivity contribution in [1.29, 1.82) is 0 Å². The van der Waals surface area contributed by atoms with E-state index in [9.17, 15) is 9.18 Å². The molecule has 0 bridgehead atoms. The van der Waals surface area contributed by atoms with E-state index in [1.807, 2.05) is 38.1 Å². The second kappa shape index (κ2) is 6.39. The molecule has 2 N–H and O–H groups in total. The lowest BCUT2D eigenvalue weighted by Crippen LogP contribution is -2.40. The maximum atomic E-state index is 14.8. The number of hydrogen-bond acceptors (Lipinski definition) is 2. The molecule has 3 rings (SSSR count). The fourth-order valence-corrected chi connectivity index (χ4v) is 3.55. The Morgan fingerprint density at radius 2 is 2.08 bits per heavy atom. The van der Waals surface area contributed by atoms with Gasteiger partial charge in [-0.05, 0) is 59.2 Å². The Kier molecular flexibility index (Phi) is 4.41. The van der Waals surface area contributed by atoms with Crippen LogP contribution in [-0.4, -0.2) is 18.3 Å². The second-order valence-corrected chi connectivity index (χ2v) is 7.13. The van der Waals surface area contributed by atoms with Gasteiger partial charge in [-0.2, -0.15) is 0 Å². The molecule has 1 aliphatic carbocycles. The summed E-state index contributed by atoms with van der Waals surface area (Å²) in [6.45, 7) is 4.01. The van der Waals surface area contributed by atoms with E-state index in [4.69, 9.17) is 9.84 Å². The van der Waals surface area contributed by atoms with E-state index in [1.165, 1.54) is 6.07 Å². The molecule has 25 heavy (non-hydrogen) atoms. The highest BCUT2D eigenvalue weighted by Gasteiger charge is 2.37. The molecule has 0 heterocycles. The molecular weight excluding hydrogens is 321 g/mol. The van der Waals surface area contributed by atoms with Crippen LogP contribution in [0.3, 0.4) is 0 Å². The number of hydrogen-bond donors (Lipinski definition) is 2. The topological polar surface area (TPSA) is 58.6 Å². The molecule has 1 amide bonds. The molecule has 0 aliphatic heterocycles. The molecule has 0 spiro atoms. The zero-order valence-electron chi connectivity index (χ0n) is 14.6. The van der Waals surface area contributed by atoms with Gasteiger partial charge >= 0.3 is 6.09 Å². The SMILES string of the molecule is COc1cccc(-c2cc3c(cc2F)[C@H](NC(=O)O)C(C)(C)CC3)c1. The molecule has 5 heteroatoms. The number of benzene rings is 2. The molecule has 0 aromatic heterocycles. The van der Waals surface area contributed by atoms with Gasteiger partial charge in [-0.15, -0.1) is 0 Å². The fraction of sp³-hybridized carbons (Fsp3) is 0.350. The molecule has 4 nitrogen and oxygen atoms in total. The smallest absolute Gasteiger partial charge is 0.405 e. The van der Waals surface area contributed by atoms with Crippen molar-refractivity contribution in [1.82, 2.24) is 5.32 Å². The van der Waals surface area contributed by atoms with Crippen molar-refractivity contribution in [2.24, 2.45) is 5.41 Å². The van der Waals surface area contributed by atoms with Gasteiger partial charge in [0.05, 0.1) is 13.2 Å². The molecule has 2 aromatic carbocycles. The summed E-state index contributed by atoms with van der Waals surface area (Å²) in [6.07, 6.45) is 0.522. The summed E-state index contributed by atoms with van der Waals surface area (Å²) in [6, 6.07) is 10.2. The monoisotopic (exact) mass is 343 g/mol. The van der Waals surface area contributed by atoms with Crippen LogP contribution in [-0.2, 0) is 6.42 Å². The summed E-state index contributed by atoms with van der Waals surface area (Å²) >= 11 is 0. The third kappa shape index (κ3) is 3.31. The number of nitrogens with one attached hydrogen (secondary N) is 1. The largest absolute Gasteiger partial charge is 0.497 e. The zero-order chi connectivity index (χ0) is 18.2. The molecule has 0 radical (unpaired) electrons. The van der Waals surface area contributed by atoms with Gasteiger partial charge < -0.3 is 15.2 Å². The molecule has 0 saturated carbocycles. The van der Waals surface area contributed by atoms with Crippen molar-refractivity contribution >= 4 is 6.09 Å². The molecule has 132 valence electrons. The Hall–Kier alpha value is -2.56. The van der Waals surface area contributed by atoms with Crippen LogP contribution in [0.25, 0.3) is 11.1 Å². The van der Waals surface area contributed by atoms with E-state index in [0.29, 0.717) is 11.3 Å². The molecule has 1 atom stereocenters. The maximum absolute atomic E-state index is 14.8. The van der Waals surface area contributed by atoms with Gasteiger partial charge in [0.15, 0.2) is 0 Å². The predicted molar refractivity (Wildman–Crippen MR) is 94.4 cm³/mol. The standard InChI is InChI=1S/C20H22FNO3/c1-20(2)8-7-13-10-15(12-5-4-6-14(9-12)25-3)17(21)11-16(13)18(20)22-19(23)24/h4-6,9-11,18,22H,7-8H2,1-3H3,(H,23,24)/t18-/m0/s1. The van der Waals surface area contributed by atoms with Crippen molar-refractivity contribution in [2.45, 2.75) is 32.7 Å². The van der Waals surface area contributed by atoms with Gasteiger partial charge in [-0.25, -0.2) is 9.18 Å². The third-order valence-electron chi connectivity index (χ3n) is 5.01. The average Bonchev–Trinajstić information content (AvgIpc) is 2.57. The van der Waals surface area contributed by atoms with Crippen LogP contribution < -0.4 is 10.1 Å². The number of fused-ring (bicyclic) bond motifs is 1. The van der Waals surface area contributed by atoms with Crippen molar-refractivity contribution < 1.29 is 19.0 Å². The molecule has 0 unspecified atom stereocenters. The summed E-state index contributed by atoms with van der Waals surface area (Å²) in [4.78, 5) is 11.2. The summed E-state index contributed by atoms with van der Waals surface area (Å²) < 4.78 is 20.1. The number of amides is 1. The first-order valence-corrected chi connectivity index (χ1v) is 8.28. The number of methoxy groups -OCH3 is 1. The van der Waals surface area contributed by atoms with Crippen LogP contribution in [0, 0.1) is 11.2 Å². The normalized spacial score (nSPS) is 18.3. The Bertz CT molecular complexity index is 817. The van der Waals surface area contributed by atoms with Gasteiger partial charge in [0.1, 0.15) is 11.6 Å². The van der Waals surface area contributed by atoms with E-state index < -0.39 is 12.1 Å². The second-order valence-electron chi connectivity index (χ2n) is 7.13. The van der Waals surface area contributed by atoms with E-state index in [2.05, 4.69) is 5.32 Å². The van der Waals surface area contributed by atoms with Crippen LogP contribution in [0.4, 0.5) is 9.18 Å². The highest BCUT2D eigenvalue weighted by Crippen LogP contribution is 2.45. The van der Waals surface area contributed by atoms with Crippen LogP contribution in [0.5, 0.6) is 5.75 Å². The van der Waals surface area contributed by atoms with Crippen molar-refractivity contribution in [2.75, 3.05) is 7.11 Å². The summed E-state index contributed by atoms with van der Waals surface area (Å²) in [5.74, 6) is 0.308. The third-order valence-corrected chi connectivity index (χ3v) is 5.01. The van der Waals surface area contributed by atoms with Crippen molar-refractivity contribution in [3.05, 3.63) is 53.3 Å². The summed E-state index contributed by atoms with van der Waals surface area (Å²) in [5, 5.41) is 11.7. The van der Waals surface area contributed by atoms with Crippen LogP contribution in [0.2, 0.25) is 0 Å². The number of halogens is 1.